The first kappa shape index (κ1) is 16.3. The van der Waals surface area contributed by atoms with Crippen molar-refractivity contribution in [2.75, 3.05) is 6.26 Å². The molecule has 2 fully saturated rings. The molecule has 0 aromatic heterocycles. The summed E-state index contributed by atoms with van der Waals surface area (Å²) in [6, 6.07) is 0.964. The van der Waals surface area contributed by atoms with Gasteiger partial charge in [0.1, 0.15) is 9.84 Å². The van der Waals surface area contributed by atoms with E-state index in [-0.39, 0.29) is 5.25 Å². The summed E-state index contributed by atoms with van der Waals surface area (Å²) in [7, 11) is -2.87. The summed E-state index contributed by atoms with van der Waals surface area (Å²) < 4.78 is 23.5. The first-order chi connectivity index (χ1) is 9.16. The number of hydrogen-bond acceptors (Lipinski definition) is 3. The van der Waals surface area contributed by atoms with E-state index >= 15 is 0 Å². The van der Waals surface area contributed by atoms with Crippen LogP contribution in [0.25, 0.3) is 0 Å². The van der Waals surface area contributed by atoms with Gasteiger partial charge in [-0.25, -0.2) is 8.42 Å². The normalized spacial score (nSPS) is 38.6. The fraction of sp³-hybridized carbons (Fsp3) is 1.00. The zero-order valence-corrected chi connectivity index (χ0v) is 14.3. The van der Waals surface area contributed by atoms with Gasteiger partial charge in [0, 0.05) is 18.3 Å². The highest BCUT2D eigenvalue weighted by Crippen LogP contribution is 2.39. The van der Waals surface area contributed by atoms with Gasteiger partial charge in [0.2, 0.25) is 0 Å². The van der Waals surface area contributed by atoms with Crippen molar-refractivity contribution in [2.24, 2.45) is 11.3 Å². The van der Waals surface area contributed by atoms with Gasteiger partial charge in [0.15, 0.2) is 0 Å². The van der Waals surface area contributed by atoms with Gasteiger partial charge in [-0.3, -0.25) is 0 Å². The first-order valence-corrected chi connectivity index (χ1v) is 10.1. The Morgan fingerprint density at radius 3 is 2.35 bits per heavy atom. The van der Waals surface area contributed by atoms with Gasteiger partial charge in [-0.15, -0.1) is 0 Å². The van der Waals surface area contributed by atoms with E-state index in [1.807, 2.05) is 0 Å². The molecule has 0 bridgehead atoms. The highest BCUT2D eigenvalue weighted by Gasteiger charge is 2.35. The van der Waals surface area contributed by atoms with Crippen LogP contribution in [0.3, 0.4) is 0 Å². The van der Waals surface area contributed by atoms with Crippen molar-refractivity contribution in [2.45, 2.75) is 83.1 Å². The van der Waals surface area contributed by atoms with E-state index in [1.54, 1.807) is 0 Å². The molecule has 0 heterocycles. The third-order valence-electron chi connectivity index (χ3n) is 5.09. The van der Waals surface area contributed by atoms with Gasteiger partial charge in [-0.05, 0) is 49.9 Å². The lowest BCUT2D eigenvalue weighted by molar-refractivity contribution is 0.139. The SMILES string of the molecule is C[C@@H]1C[C@H](N[C@H]2CCC[C@@H](S(C)(=O)=O)C2)CC(C)(C)C1. The molecule has 3 nitrogen and oxygen atoms in total. The molecule has 0 spiro atoms. The van der Waals surface area contributed by atoms with Crippen molar-refractivity contribution >= 4 is 9.84 Å². The fourth-order valence-electron chi connectivity index (χ4n) is 4.49. The quantitative estimate of drug-likeness (QED) is 0.871. The Kier molecular flexibility index (Phi) is 4.85. The predicted octanol–water partition coefficient (Wildman–Crippen LogP) is 3.15. The Labute approximate surface area is 124 Å². The second-order valence-electron chi connectivity index (χ2n) is 8.09. The molecule has 118 valence electrons. The van der Waals surface area contributed by atoms with Crippen molar-refractivity contribution in [3.8, 4) is 0 Å². The highest BCUT2D eigenvalue weighted by atomic mass is 32.2. The van der Waals surface area contributed by atoms with Crippen molar-refractivity contribution in [3.63, 3.8) is 0 Å². The maximum atomic E-state index is 11.8. The predicted molar refractivity (Wildman–Crippen MR) is 84.6 cm³/mol. The van der Waals surface area contributed by atoms with E-state index in [9.17, 15) is 8.42 Å². The molecule has 0 radical (unpaired) electrons. The summed E-state index contributed by atoms with van der Waals surface area (Å²) in [6.07, 6.45) is 9.00. The van der Waals surface area contributed by atoms with Crippen molar-refractivity contribution in [1.82, 2.24) is 5.32 Å². The third-order valence-corrected chi connectivity index (χ3v) is 6.73. The minimum Gasteiger partial charge on any atom is -0.311 e. The van der Waals surface area contributed by atoms with E-state index < -0.39 is 9.84 Å². The number of nitrogens with one attached hydrogen (secondary N) is 1. The van der Waals surface area contributed by atoms with Gasteiger partial charge in [-0.1, -0.05) is 27.2 Å². The summed E-state index contributed by atoms with van der Waals surface area (Å²) in [5.74, 6) is 0.769. The van der Waals surface area contributed by atoms with Crippen LogP contribution in [0, 0.1) is 11.3 Å². The van der Waals surface area contributed by atoms with Crippen molar-refractivity contribution in [3.05, 3.63) is 0 Å². The van der Waals surface area contributed by atoms with Gasteiger partial charge in [-0.2, -0.15) is 0 Å². The number of rotatable bonds is 3. The Hall–Kier alpha value is -0.0900. The zero-order chi connectivity index (χ0) is 15.0. The second-order valence-corrected chi connectivity index (χ2v) is 10.4. The monoisotopic (exact) mass is 301 g/mol. The van der Waals surface area contributed by atoms with Crippen LogP contribution in [0.1, 0.15) is 65.7 Å². The van der Waals surface area contributed by atoms with Crippen molar-refractivity contribution in [1.29, 1.82) is 0 Å². The topological polar surface area (TPSA) is 46.2 Å². The molecule has 0 amide bonds. The lowest BCUT2D eigenvalue weighted by Crippen LogP contribution is -2.47. The standard InChI is InChI=1S/C16H31NO2S/c1-12-8-14(11-16(2,3)10-12)17-13-6-5-7-15(9-13)20(4,18)19/h12-15,17H,5-11H2,1-4H3/t12-,13+,14+,15-/m1/s1. The molecule has 2 rings (SSSR count). The lowest BCUT2D eigenvalue weighted by Gasteiger charge is -2.42. The second kappa shape index (κ2) is 5.96. The molecular weight excluding hydrogens is 270 g/mol. The fourth-order valence-corrected chi connectivity index (χ4v) is 5.67. The molecule has 0 unspecified atom stereocenters. The third kappa shape index (κ3) is 4.45. The maximum Gasteiger partial charge on any atom is 0.150 e. The van der Waals surface area contributed by atoms with Crippen LogP contribution in [-0.4, -0.2) is 32.0 Å². The summed E-state index contributed by atoms with van der Waals surface area (Å²) in [5, 5.41) is 3.66. The van der Waals surface area contributed by atoms with E-state index in [1.165, 1.54) is 25.5 Å². The Morgan fingerprint density at radius 2 is 1.75 bits per heavy atom. The van der Waals surface area contributed by atoms with Gasteiger partial charge in [0.25, 0.3) is 0 Å². The molecule has 20 heavy (non-hydrogen) atoms. The van der Waals surface area contributed by atoms with Gasteiger partial charge >= 0.3 is 0 Å². The van der Waals surface area contributed by atoms with Crippen molar-refractivity contribution < 1.29 is 8.42 Å². The molecule has 0 aromatic carbocycles. The van der Waals surface area contributed by atoms with Gasteiger partial charge in [0.05, 0.1) is 5.25 Å². The Balaban J connectivity index is 1.93. The van der Waals surface area contributed by atoms with Crippen LogP contribution >= 0.6 is 0 Å². The smallest absolute Gasteiger partial charge is 0.150 e. The molecule has 0 aromatic rings. The molecule has 0 aliphatic heterocycles. The number of hydrogen-bond donors (Lipinski definition) is 1. The van der Waals surface area contributed by atoms with Crippen LogP contribution in [0.4, 0.5) is 0 Å². The van der Waals surface area contributed by atoms with Crippen LogP contribution in [0.5, 0.6) is 0 Å². The van der Waals surface area contributed by atoms with Crippen LogP contribution in [0.2, 0.25) is 0 Å². The summed E-state index contributed by atoms with van der Waals surface area (Å²) in [6.45, 7) is 7.06. The molecule has 0 saturated heterocycles. The zero-order valence-electron chi connectivity index (χ0n) is 13.5. The van der Waals surface area contributed by atoms with E-state index in [0.29, 0.717) is 17.5 Å². The molecular formula is C16H31NO2S. The average molecular weight is 301 g/mol. The van der Waals surface area contributed by atoms with E-state index in [4.69, 9.17) is 0 Å². The summed E-state index contributed by atoms with van der Waals surface area (Å²) in [5.41, 5.74) is 0.417. The van der Waals surface area contributed by atoms with Crippen LogP contribution in [-0.2, 0) is 9.84 Å². The van der Waals surface area contributed by atoms with Crippen LogP contribution in [0.15, 0.2) is 0 Å². The molecule has 2 saturated carbocycles. The number of sulfone groups is 1. The minimum atomic E-state index is -2.87. The molecule has 4 heteroatoms. The Morgan fingerprint density at radius 1 is 1.05 bits per heavy atom. The minimum absolute atomic E-state index is 0.122. The Bertz CT molecular complexity index is 430. The summed E-state index contributed by atoms with van der Waals surface area (Å²) in [4.78, 5) is 0. The summed E-state index contributed by atoms with van der Waals surface area (Å²) >= 11 is 0. The van der Waals surface area contributed by atoms with Gasteiger partial charge < -0.3 is 5.32 Å². The molecule has 1 N–H and O–H groups in total. The molecule has 2 aliphatic carbocycles. The van der Waals surface area contributed by atoms with E-state index in [2.05, 4.69) is 26.1 Å². The molecule has 2 aliphatic rings. The lowest BCUT2D eigenvalue weighted by atomic mass is 9.70. The largest absolute Gasteiger partial charge is 0.311 e. The average Bonchev–Trinajstić information content (AvgIpc) is 2.25. The highest BCUT2D eigenvalue weighted by molar-refractivity contribution is 7.91. The van der Waals surface area contributed by atoms with E-state index in [0.717, 1.165) is 31.6 Å². The first-order valence-electron chi connectivity index (χ1n) is 8.11. The maximum absolute atomic E-state index is 11.8. The molecule has 4 atom stereocenters. The van der Waals surface area contributed by atoms with Crippen LogP contribution < -0.4 is 5.32 Å².